The molecule has 0 radical (unpaired) electrons. The van der Waals surface area contributed by atoms with E-state index < -0.39 is 6.10 Å². The third-order valence-electron chi connectivity index (χ3n) is 15.9. The highest BCUT2D eigenvalue weighted by atomic mass is 16.6. The molecule has 6 heteroatoms. The second-order valence-corrected chi connectivity index (χ2v) is 23.8. The second kappa shape index (κ2) is 67.1. The molecule has 0 aliphatic carbocycles. The molecule has 0 aliphatic heterocycles. The minimum absolute atomic E-state index is 0.0678. The van der Waals surface area contributed by atoms with Crippen molar-refractivity contribution in [1.29, 1.82) is 0 Å². The van der Waals surface area contributed by atoms with Gasteiger partial charge in [-0.2, -0.15) is 0 Å². The summed E-state index contributed by atoms with van der Waals surface area (Å²) in [5, 5.41) is 0. The number of hydrogen-bond donors (Lipinski definition) is 0. The molecule has 0 saturated heterocycles. The van der Waals surface area contributed by atoms with Crippen molar-refractivity contribution in [3.8, 4) is 0 Å². The lowest BCUT2D eigenvalue weighted by Gasteiger charge is -2.18. The Morgan fingerprint density at radius 3 is 0.718 bits per heavy atom. The van der Waals surface area contributed by atoms with Gasteiger partial charge in [-0.3, -0.25) is 14.4 Å². The number of allylic oxidation sites excluding steroid dienone is 6. The number of ether oxygens (including phenoxy) is 3. The van der Waals surface area contributed by atoms with E-state index in [1.807, 2.05) is 0 Å². The number of esters is 3. The van der Waals surface area contributed by atoms with Crippen LogP contribution in [0.1, 0.15) is 387 Å². The molecule has 0 aromatic heterocycles. The van der Waals surface area contributed by atoms with Crippen molar-refractivity contribution in [2.24, 2.45) is 0 Å². The summed E-state index contributed by atoms with van der Waals surface area (Å²) in [6.07, 6.45) is 83.4. The van der Waals surface area contributed by atoms with Gasteiger partial charge in [0.05, 0.1) is 0 Å². The van der Waals surface area contributed by atoms with Crippen LogP contribution < -0.4 is 0 Å². The van der Waals surface area contributed by atoms with Crippen LogP contribution in [0.5, 0.6) is 0 Å². The first-order chi connectivity index (χ1) is 38.5. The molecule has 1 unspecified atom stereocenters. The van der Waals surface area contributed by atoms with Crippen LogP contribution in [0, 0.1) is 0 Å². The van der Waals surface area contributed by atoms with Crippen LogP contribution in [0.15, 0.2) is 36.5 Å². The lowest BCUT2D eigenvalue weighted by Crippen LogP contribution is -2.30. The summed E-state index contributed by atoms with van der Waals surface area (Å²) in [6.45, 7) is 6.66. The van der Waals surface area contributed by atoms with Gasteiger partial charge in [-0.1, -0.05) is 327 Å². The maximum atomic E-state index is 12.9. The van der Waals surface area contributed by atoms with Crippen LogP contribution in [0.2, 0.25) is 0 Å². The number of hydrogen-bond acceptors (Lipinski definition) is 6. The Balaban J connectivity index is 4.06. The van der Waals surface area contributed by atoms with Gasteiger partial charge in [0.15, 0.2) is 6.10 Å². The second-order valence-electron chi connectivity index (χ2n) is 23.8. The van der Waals surface area contributed by atoms with Gasteiger partial charge in [-0.05, 0) is 77.0 Å². The Labute approximate surface area is 486 Å². The Hall–Kier alpha value is -2.37. The molecular formula is C72H134O6. The molecule has 78 heavy (non-hydrogen) atoms. The van der Waals surface area contributed by atoms with Crippen LogP contribution in [0.4, 0.5) is 0 Å². The van der Waals surface area contributed by atoms with Crippen molar-refractivity contribution in [2.45, 2.75) is 393 Å². The van der Waals surface area contributed by atoms with Crippen molar-refractivity contribution in [3.63, 3.8) is 0 Å². The van der Waals surface area contributed by atoms with Gasteiger partial charge < -0.3 is 14.2 Å². The molecular weight excluding hydrogens is 961 g/mol. The molecule has 0 amide bonds. The van der Waals surface area contributed by atoms with E-state index in [1.165, 1.54) is 283 Å². The van der Waals surface area contributed by atoms with Gasteiger partial charge in [0.1, 0.15) is 13.2 Å². The first-order valence-corrected chi connectivity index (χ1v) is 35.0. The highest BCUT2D eigenvalue weighted by Gasteiger charge is 2.19. The Bertz CT molecular complexity index is 1300. The summed E-state index contributed by atoms with van der Waals surface area (Å²) in [5.41, 5.74) is 0. The molecule has 0 aliphatic rings. The molecule has 0 fully saturated rings. The fourth-order valence-electron chi connectivity index (χ4n) is 10.6. The average molecular weight is 1100 g/mol. The number of rotatable bonds is 65. The fourth-order valence-corrected chi connectivity index (χ4v) is 10.6. The van der Waals surface area contributed by atoms with E-state index in [2.05, 4.69) is 57.2 Å². The third-order valence-corrected chi connectivity index (χ3v) is 15.9. The molecule has 0 saturated carbocycles. The summed E-state index contributed by atoms with van der Waals surface area (Å²) in [5.74, 6) is -0.849. The van der Waals surface area contributed by atoms with Crippen molar-refractivity contribution in [3.05, 3.63) is 36.5 Å². The van der Waals surface area contributed by atoms with Crippen molar-refractivity contribution >= 4 is 17.9 Å². The first-order valence-electron chi connectivity index (χ1n) is 35.0. The number of carbonyl (C=O) groups is 3. The van der Waals surface area contributed by atoms with Gasteiger partial charge >= 0.3 is 17.9 Å². The third kappa shape index (κ3) is 64.5. The number of unbranched alkanes of at least 4 members (excludes halogenated alkanes) is 48. The highest BCUT2D eigenvalue weighted by molar-refractivity contribution is 5.71. The smallest absolute Gasteiger partial charge is 0.306 e. The fraction of sp³-hybridized carbons (Fsp3) is 0.875. The minimum atomic E-state index is -0.769. The van der Waals surface area contributed by atoms with Gasteiger partial charge in [-0.15, -0.1) is 0 Å². The Morgan fingerprint density at radius 2 is 0.462 bits per heavy atom. The van der Waals surface area contributed by atoms with E-state index in [1.54, 1.807) is 0 Å². The summed E-state index contributed by atoms with van der Waals surface area (Å²) in [4.78, 5) is 38.2. The molecule has 6 nitrogen and oxygen atoms in total. The van der Waals surface area contributed by atoms with E-state index in [0.717, 1.165) is 64.2 Å². The van der Waals surface area contributed by atoms with Gasteiger partial charge in [0, 0.05) is 19.3 Å². The lowest BCUT2D eigenvalue weighted by molar-refractivity contribution is -0.167. The van der Waals surface area contributed by atoms with Crippen LogP contribution >= 0.6 is 0 Å². The minimum Gasteiger partial charge on any atom is -0.462 e. The maximum Gasteiger partial charge on any atom is 0.306 e. The zero-order valence-corrected chi connectivity index (χ0v) is 52.7. The molecule has 0 rings (SSSR count). The maximum absolute atomic E-state index is 12.9. The van der Waals surface area contributed by atoms with Gasteiger partial charge in [0.2, 0.25) is 0 Å². The van der Waals surface area contributed by atoms with E-state index in [9.17, 15) is 14.4 Å². The SMILES string of the molecule is CCCCCCC/C=C\C/C=C\CCCCCCCCCCCCCC(=O)OC(COC(=O)CCCCCCCCCC)COC(=O)CCCCCCCCCCCCCCCCCCC/C=C\CCCCCCCCCC. The summed E-state index contributed by atoms with van der Waals surface area (Å²) in [6, 6.07) is 0. The van der Waals surface area contributed by atoms with E-state index in [4.69, 9.17) is 14.2 Å². The van der Waals surface area contributed by atoms with E-state index in [-0.39, 0.29) is 31.1 Å². The van der Waals surface area contributed by atoms with Crippen LogP contribution in [-0.2, 0) is 28.6 Å². The largest absolute Gasteiger partial charge is 0.462 e. The Morgan fingerprint density at radius 1 is 0.256 bits per heavy atom. The van der Waals surface area contributed by atoms with Crippen molar-refractivity contribution < 1.29 is 28.6 Å². The number of carbonyl (C=O) groups excluding carboxylic acids is 3. The molecule has 0 spiro atoms. The molecule has 0 heterocycles. The van der Waals surface area contributed by atoms with Gasteiger partial charge in [-0.25, -0.2) is 0 Å². The summed E-state index contributed by atoms with van der Waals surface area (Å²) < 4.78 is 16.9. The normalized spacial score (nSPS) is 12.2. The van der Waals surface area contributed by atoms with Crippen molar-refractivity contribution in [2.75, 3.05) is 13.2 Å². The lowest BCUT2D eigenvalue weighted by atomic mass is 10.0. The van der Waals surface area contributed by atoms with E-state index >= 15 is 0 Å². The molecule has 1 atom stereocenters. The predicted octanol–water partition coefficient (Wildman–Crippen LogP) is 23.9. The van der Waals surface area contributed by atoms with Crippen LogP contribution in [0.25, 0.3) is 0 Å². The van der Waals surface area contributed by atoms with E-state index in [0.29, 0.717) is 19.3 Å². The van der Waals surface area contributed by atoms with Crippen LogP contribution in [0.3, 0.4) is 0 Å². The van der Waals surface area contributed by atoms with Crippen molar-refractivity contribution in [1.82, 2.24) is 0 Å². The van der Waals surface area contributed by atoms with Gasteiger partial charge in [0.25, 0.3) is 0 Å². The zero-order chi connectivity index (χ0) is 56.4. The average Bonchev–Trinajstić information content (AvgIpc) is 3.44. The molecule has 0 aromatic rings. The molecule has 458 valence electrons. The monoisotopic (exact) mass is 1100 g/mol. The molecule has 0 N–H and O–H groups in total. The molecule has 0 aromatic carbocycles. The topological polar surface area (TPSA) is 78.9 Å². The summed E-state index contributed by atoms with van der Waals surface area (Å²) in [7, 11) is 0. The summed E-state index contributed by atoms with van der Waals surface area (Å²) >= 11 is 0. The zero-order valence-electron chi connectivity index (χ0n) is 52.7. The van der Waals surface area contributed by atoms with Crippen LogP contribution in [-0.4, -0.2) is 37.2 Å². The predicted molar refractivity (Wildman–Crippen MR) is 339 cm³/mol. The standard InChI is InChI=1S/C72H134O6/c1-4-7-10-13-16-19-21-23-25-27-29-31-33-34-35-36-37-38-40-41-43-45-47-49-51-53-56-59-62-65-71(74)77-68-69(67-76-70(73)64-61-58-55-18-15-12-9-6-3)78-72(75)66-63-60-57-54-52-50-48-46-44-42-39-32-30-28-26-24-22-20-17-14-11-8-5-2/h22,24,27-30,69H,4-21,23,25-26,31-68H2,1-3H3/b24-22-,29-27-,30-28-. The Kier molecular flexibility index (Phi) is 65.1. The first kappa shape index (κ1) is 75.6. The highest BCUT2D eigenvalue weighted by Crippen LogP contribution is 2.18. The molecule has 0 bridgehead atoms. The quantitative estimate of drug-likeness (QED) is 0.0261.